The van der Waals surface area contributed by atoms with E-state index in [1.165, 1.54) is 199 Å². The highest BCUT2D eigenvalue weighted by Gasteiger charge is 2.24. The van der Waals surface area contributed by atoms with Crippen LogP contribution in [0.4, 0.5) is 0 Å². The van der Waals surface area contributed by atoms with Gasteiger partial charge < -0.3 is 9.80 Å². The fraction of sp³-hybridized carbons (Fsp3) is 0.946. The smallest absolute Gasteiger partial charge is 0.101 e. The summed E-state index contributed by atoms with van der Waals surface area (Å²) < 4.78 is 0. The van der Waals surface area contributed by atoms with Gasteiger partial charge in [0.15, 0.2) is 0 Å². The molecule has 0 N–H and O–H groups in total. The minimum Gasteiger partial charge on any atom is -0.356 e. The van der Waals surface area contributed by atoms with Gasteiger partial charge >= 0.3 is 0 Å². The Morgan fingerprint density at radius 3 is 0.923 bits per heavy atom. The molecule has 2 heteroatoms. The van der Waals surface area contributed by atoms with Crippen molar-refractivity contribution >= 4 is 0 Å². The van der Waals surface area contributed by atoms with Crippen molar-refractivity contribution < 1.29 is 0 Å². The summed E-state index contributed by atoms with van der Waals surface area (Å²) in [6.07, 6.45) is 47.0. The second-order valence-electron chi connectivity index (χ2n) is 12.9. The molecule has 0 amide bonds. The van der Waals surface area contributed by atoms with Crippen LogP contribution in [-0.4, -0.2) is 29.1 Å². The van der Waals surface area contributed by atoms with Gasteiger partial charge in [0.1, 0.15) is 6.17 Å². The standard InChI is InChI=1S/C37H74N2/c1-4-7-10-13-15-17-19-20-21-22-23-25-27-29-32-37-38(33-30-12-9-6-3)35-36-39(37)34-31-28-26-24-18-16-14-11-8-5-2/h35-37H,4-34H2,1-3H3. The van der Waals surface area contributed by atoms with Crippen LogP contribution in [-0.2, 0) is 0 Å². The summed E-state index contributed by atoms with van der Waals surface area (Å²) in [6, 6.07) is 0. The molecule has 1 atom stereocenters. The largest absolute Gasteiger partial charge is 0.356 e. The Labute approximate surface area is 248 Å². The molecule has 232 valence electrons. The lowest BCUT2D eigenvalue weighted by atomic mass is 10.0. The number of unbranched alkanes of at least 4 members (excludes halogenated alkanes) is 25. The summed E-state index contributed by atoms with van der Waals surface area (Å²) in [7, 11) is 0. The fourth-order valence-corrected chi connectivity index (χ4v) is 6.36. The van der Waals surface area contributed by atoms with Crippen LogP contribution in [0.15, 0.2) is 12.4 Å². The maximum Gasteiger partial charge on any atom is 0.101 e. The zero-order chi connectivity index (χ0) is 28.1. The van der Waals surface area contributed by atoms with E-state index in [-0.39, 0.29) is 0 Å². The van der Waals surface area contributed by atoms with Gasteiger partial charge in [-0.15, -0.1) is 0 Å². The second kappa shape index (κ2) is 28.9. The lowest BCUT2D eigenvalue weighted by Gasteiger charge is -2.33. The molecule has 1 heterocycles. The highest BCUT2D eigenvalue weighted by molar-refractivity contribution is 4.97. The average Bonchev–Trinajstić information content (AvgIpc) is 3.33. The van der Waals surface area contributed by atoms with Crippen LogP contribution in [0.1, 0.15) is 207 Å². The van der Waals surface area contributed by atoms with Gasteiger partial charge in [-0.2, -0.15) is 0 Å². The van der Waals surface area contributed by atoms with Gasteiger partial charge in [0.2, 0.25) is 0 Å². The Bertz CT molecular complexity index is 502. The second-order valence-corrected chi connectivity index (χ2v) is 12.9. The molecule has 1 aliphatic heterocycles. The molecule has 39 heavy (non-hydrogen) atoms. The summed E-state index contributed by atoms with van der Waals surface area (Å²) in [5.74, 6) is 0. The maximum absolute atomic E-state index is 2.70. The first-order valence-corrected chi connectivity index (χ1v) is 18.5. The summed E-state index contributed by atoms with van der Waals surface area (Å²) in [6.45, 7) is 9.47. The number of nitrogens with zero attached hydrogens (tertiary/aromatic N) is 2. The number of hydrogen-bond acceptors (Lipinski definition) is 2. The van der Waals surface area contributed by atoms with Crippen molar-refractivity contribution in [3.05, 3.63) is 12.4 Å². The molecule has 0 aromatic heterocycles. The lowest BCUT2D eigenvalue weighted by molar-refractivity contribution is 0.135. The maximum atomic E-state index is 2.70. The third-order valence-electron chi connectivity index (χ3n) is 9.07. The van der Waals surface area contributed by atoms with Crippen LogP contribution in [0.5, 0.6) is 0 Å². The first-order valence-electron chi connectivity index (χ1n) is 18.5. The Morgan fingerprint density at radius 1 is 0.333 bits per heavy atom. The highest BCUT2D eigenvalue weighted by Crippen LogP contribution is 2.24. The predicted molar refractivity (Wildman–Crippen MR) is 177 cm³/mol. The van der Waals surface area contributed by atoms with E-state index in [0.29, 0.717) is 6.17 Å². The van der Waals surface area contributed by atoms with Gasteiger partial charge in [-0.25, -0.2) is 0 Å². The molecule has 2 nitrogen and oxygen atoms in total. The Morgan fingerprint density at radius 2 is 0.590 bits per heavy atom. The van der Waals surface area contributed by atoms with E-state index in [4.69, 9.17) is 0 Å². The molecule has 0 bridgehead atoms. The highest BCUT2D eigenvalue weighted by atomic mass is 15.4. The molecule has 1 aliphatic rings. The molecule has 0 radical (unpaired) electrons. The molecular weight excluding hydrogens is 472 g/mol. The molecule has 0 aromatic carbocycles. The lowest BCUT2D eigenvalue weighted by Crippen LogP contribution is -2.39. The van der Waals surface area contributed by atoms with Crippen LogP contribution in [0.3, 0.4) is 0 Å². The first kappa shape index (κ1) is 36.4. The molecule has 0 saturated heterocycles. The van der Waals surface area contributed by atoms with E-state index < -0.39 is 0 Å². The van der Waals surface area contributed by atoms with Crippen molar-refractivity contribution in [2.75, 3.05) is 13.1 Å². The van der Waals surface area contributed by atoms with Gasteiger partial charge in [-0.1, -0.05) is 181 Å². The summed E-state index contributed by atoms with van der Waals surface area (Å²) in [5.41, 5.74) is 0. The normalized spacial score (nSPS) is 15.2. The molecule has 0 aliphatic carbocycles. The van der Waals surface area contributed by atoms with E-state index in [1.54, 1.807) is 0 Å². The van der Waals surface area contributed by atoms with Crippen molar-refractivity contribution in [3.63, 3.8) is 0 Å². The molecule has 0 fully saturated rings. The van der Waals surface area contributed by atoms with Crippen molar-refractivity contribution in [1.29, 1.82) is 0 Å². The topological polar surface area (TPSA) is 6.48 Å². The Kier molecular flexibility index (Phi) is 26.9. The molecule has 0 saturated carbocycles. The molecule has 1 unspecified atom stereocenters. The summed E-state index contributed by atoms with van der Waals surface area (Å²) >= 11 is 0. The van der Waals surface area contributed by atoms with E-state index in [0.717, 1.165) is 0 Å². The van der Waals surface area contributed by atoms with Crippen molar-refractivity contribution in [2.24, 2.45) is 0 Å². The molecule has 0 spiro atoms. The van der Waals surface area contributed by atoms with E-state index in [1.807, 2.05) is 0 Å². The first-order chi connectivity index (χ1) is 19.3. The van der Waals surface area contributed by atoms with Crippen LogP contribution in [0.2, 0.25) is 0 Å². The van der Waals surface area contributed by atoms with E-state index >= 15 is 0 Å². The van der Waals surface area contributed by atoms with Crippen LogP contribution in [0, 0.1) is 0 Å². The average molecular weight is 547 g/mol. The predicted octanol–water partition coefficient (Wildman–Crippen LogP) is 12.8. The SMILES string of the molecule is CCCCCCCCCCCCCCCCC1N(CCCCCC)C=CN1CCCCCCCCCCCC. The third-order valence-corrected chi connectivity index (χ3v) is 9.07. The van der Waals surface area contributed by atoms with Gasteiger partial charge in [0.25, 0.3) is 0 Å². The van der Waals surface area contributed by atoms with Crippen molar-refractivity contribution in [3.8, 4) is 0 Å². The Hall–Kier alpha value is -0.660. The fourth-order valence-electron chi connectivity index (χ4n) is 6.36. The van der Waals surface area contributed by atoms with Gasteiger partial charge in [0, 0.05) is 25.5 Å². The van der Waals surface area contributed by atoms with Crippen molar-refractivity contribution in [2.45, 2.75) is 213 Å². The van der Waals surface area contributed by atoms with Crippen LogP contribution >= 0.6 is 0 Å². The van der Waals surface area contributed by atoms with E-state index in [2.05, 4.69) is 43.0 Å². The zero-order valence-corrected chi connectivity index (χ0v) is 27.5. The molecular formula is C37H74N2. The van der Waals surface area contributed by atoms with Crippen LogP contribution < -0.4 is 0 Å². The minimum atomic E-state index is 0.641. The van der Waals surface area contributed by atoms with Crippen LogP contribution in [0.25, 0.3) is 0 Å². The summed E-state index contributed by atoms with van der Waals surface area (Å²) in [5, 5.41) is 0. The number of hydrogen-bond donors (Lipinski definition) is 0. The van der Waals surface area contributed by atoms with E-state index in [9.17, 15) is 0 Å². The van der Waals surface area contributed by atoms with Gasteiger partial charge in [0.05, 0.1) is 0 Å². The zero-order valence-electron chi connectivity index (χ0n) is 27.5. The Balaban J connectivity index is 2.14. The third kappa shape index (κ3) is 21.7. The quantitative estimate of drug-likeness (QED) is 0.0798. The number of rotatable bonds is 31. The summed E-state index contributed by atoms with van der Waals surface area (Å²) in [4.78, 5) is 5.39. The molecule has 0 aromatic rings. The molecule has 1 rings (SSSR count). The van der Waals surface area contributed by atoms with Gasteiger partial charge in [-0.3, -0.25) is 0 Å². The van der Waals surface area contributed by atoms with Crippen molar-refractivity contribution in [1.82, 2.24) is 9.80 Å². The minimum absolute atomic E-state index is 0.641. The monoisotopic (exact) mass is 547 g/mol. The van der Waals surface area contributed by atoms with Gasteiger partial charge in [-0.05, 0) is 25.7 Å².